The summed E-state index contributed by atoms with van der Waals surface area (Å²) < 4.78 is 7.18. The van der Waals surface area contributed by atoms with Crippen LogP contribution in [0.2, 0.25) is 0 Å². The van der Waals surface area contributed by atoms with E-state index in [1.165, 1.54) is 0 Å². The van der Waals surface area contributed by atoms with Gasteiger partial charge in [0.15, 0.2) is 5.43 Å². The molecule has 2 rings (SSSR count). The summed E-state index contributed by atoms with van der Waals surface area (Å²) in [6, 6.07) is 9.46. The van der Waals surface area contributed by atoms with E-state index in [1.54, 1.807) is 13.2 Å². The van der Waals surface area contributed by atoms with Gasteiger partial charge < -0.3 is 14.6 Å². The van der Waals surface area contributed by atoms with Gasteiger partial charge in [0.25, 0.3) is 0 Å². The Hall–Kier alpha value is -2.07. The van der Waals surface area contributed by atoms with Crippen molar-refractivity contribution >= 4 is 0 Å². The quantitative estimate of drug-likeness (QED) is 0.908. The summed E-state index contributed by atoms with van der Waals surface area (Å²) in [4.78, 5) is 12.0. The molecule has 0 unspecified atom stereocenters. The second kappa shape index (κ2) is 6.39. The van der Waals surface area contributed by atoms with Crippen molar-refractivity contribution in [3.63, 3.8) is 0 Å². The fraction of sp³-hybridized carbons (Fsp3) is 0.312. The fourth-order valence-electron chi connectivity index (χ4n) is 2.09. The van der Waals surface area contributed by atoms with Crippen LogP contribution >= 0.6 is 0 Å². The largest absolute Gasteiger partial charge is 0.497 e. The van der Waals surface area contributed by atoms with Crippen molar-refractivity contribution < 1.29 is 4.74 Å². The molecule has 0 aliphatic carbocycles. The number of ether oxygens (including phenoxy) is 1. The lowest BCUT2D eigenvalue weighted by Crippen LogP contribution is -2.21. The second-order valence-corrected chi connectivity index (χ2v) is 4.65. The Morgan fingerprint density at radius 1 is 1.25 bits per heavy atom. The number of hydrogen-bond donors (Lipinski definition) is 1. The molecule has 0 aliphatic rings. The van der Waals surface area contributed by atoms with Crippen molar-refractivity contribution in [1.82, 2.24) is 9.88 Å². The molecule has 0 atom stereocenters. The van der Waals surface area contributed by atoms with Crippen molar-refractivity contribution in [2.75, 3.05) is 13.7 Å². The third kappa shape index (κ3) is 3.08. The standard InChI is InChI=1S/C16H20N2O2/c1-4-17-10-13-11-18(12(2)9-16(13)19)14-5-7-15(20-3)8-6-14/h5-9,11,17H,4,10H2,1-3H3. The van der Waals surface area contributed by atoms with Crippen LogP contribution in [0.25, 0.3) is 5.69 Å². The molecule has 0 radical (unpaired) electrons. The molecule has 0 saturated heterocycles. The lowest BCUT2D eigenvalue weighted by molar-refractivity contribution is 0.414. The highest BCUT2D eigenvalue weighted by Crippen LogP contribution is 2.16. The topological polar surface area (TPSA) is 43.3 Å². The first kappa shape index (κ1) is 14.3. The smallest absolute Gasteiger partial charge is 0.186 e. The van der Waals surface area contributed by atoms with E-state index in [0.717, 1.165) is 29.2 Å². The van der Waals surface area contributed by atoms with Crippen LogP contribution in [0.4, 0.5) is 0 Å². The fourth-order valence-corrected chi connectivity index (χ4v) is 2.09. The van der Waals surface area contributed by atoms with Crippen LogP contribution in [-0.4, -0.2) is 18.2 Å². The summed E-state index contributed by atoms with van der Waals surface area (Å²) in [6.45, 7) is 5.39. The maximum Gasteiger partial charge on any atom is 0.186 e. The Labute approximate surface area is 119 Å². The number of rotatable bonds is 5. The van der Waals surface area contributed by atoms with E-state index in [0.29, 0.717) is 6.54 Å². The average molecular weight is 272 g/mol. The predicted molar refractivity (Wildman–Crippen MR) is 80.7 cm³/mol. The van der Waals surface area contributed by atoms with Gasteiger partial charge in [0, 0.05) is 35.8 Å². The molecule has 0 fully saturated rings. The van der Waals surface area contributed by atoms with Crippen LogP contribution in [0.3, 0.4) is 0 Å². The van der Waals surface area contributed by atoms with Crippen molar-refractivity contribution in [2.24, 2.45) is 0 Å². The molecular weight excluding hydrogens is 252 g/mol. The van der Waals surface area contributed by atoms with E-state index in [9.17, 15) is 4.79 Å². The molecule has 20 heavy (non-hydrogen) atoms. The van der Waals surface area contributed by atoms with Gasteiger partial charge in [0.05, 0.1) is 7.11 Å². The van der Waals surface area contributed by atoms with Gasteiger partial charge in [0.2, 0.25) is 0 Å². The summed E-state index contributed by atoms with van der Waals surface area (Å²) in [5, 5.41) is 3.19. The Kier molecular flexibility index (Phi) is 4.58. The summed E-state index contributed by atoms with van der Waals surface area (Å²) in [6.07, 6.45) is 1.90. The van der Waals surface area contributed by atoms with Crippen molar-refractivity contribution in [1.29, 1.82) is 0 Å². The lowest BCUT2D eigenvalue weighted by atomic mass is 10.2. The number of methoxy groups -OCH3 is 1. The van der Waals surface area contributed by atoms with Crippen LogP contribution < -0.4 is 15.5 Å². The molecule has 0 saturated carbocycles. The van der Waals surface area contributed by atoms with Gasteiger partial charge in [0.1, 0.15) is 5.75 Å². The molecular formula is C16H20N2O2. The average Bonchev–Trinajstić information content (AvgIpc) is 2.47. The summed E-state index contributed by atoms with van der Waals surface area (Å²) in [5.74, 6) is 0.820. The number of nitrogens with zero attached hydrogens (tertiary/aromatic N) is 1. The molecule has 0 aliphatic heterocycles. The number of benzene rings is 1. The Balaban J connectivity index is 2.41. The number of nitrogens with one attached hydrogen (secondary N) is 1. The molecule has 4 nitrogen and oxygen atoms in total. The van der Waals surface area contributed by atoms with E-state index in [2.05, 4.69) is 5.32 Å². The van der Waals surface area contributed by atoms with Crippen LogP contribution in [0.15, 0.2) is 41.3 Å². The van der Waals surface area contributed by atoms with E-state index >= 15 is 0 Å². The monoisotopic (exact) mass is 272 g/mol. The molecule has 1 aromatic carbocycles. The zero-order chi connectivity index (χ0) is 14.5. The highest BCUT2D eigenvalue weighted by molar-refractivity contribution is 5.39. The highest BCUT2D eigenvalue weighted by atomic mass is 16.5. The zero-order valence-electron chi connectivity index (χ0n) is 12.1. The summed E-state index contributed by atoms with van der Waals surface area (Å²) >= 11 is 0. The Bertz CT molecular complexity index is 630. The second-order valence-electron chi connectivity index (χ2n) is 4.65. The third-order valence-corrected chi connectivity index (χ3v) is 3.24. The zero-order valence-corrected chi connectivity index (χ0v) is 12.1. The van der Waals surface area contributed by atoms with Gasteiger partial charge in [-0.15, -0.1) is 0 Å². The maximum atomic E-state index is 12.0. The Morgan fingerprint density at radius 3 is 2.55 bits per heavy atom. The molecule has 0 amide bonds. The molecule has 106 valence electrons. The van der Waals surface area contributed by atoms with Gasteiger partial charge in [-0.3, -0.25) is 4.79 Å². The highest BCUT2D eigenvalue weighted by Gasteiger charge is 2.05. The van der Waals surface area contributed by atoms with Crippen molar-refractivity contribution in [3.05, 3.63) is 58.0 Å². The van der Waals surface area contributed by atoms with Crippen LogP contribution in [-0.2, 0) is 6.54 Å². The molecule has 2 aromatic rings. The van der Waals surface area contributed by atoms with Gasteiger partial charge in [-0.1, -0.05) is 6.92 Å². The Morgan fingerprint density at radius 2 is 1.95 bits per heavy atom. The number of pyridine rings is 1. The normalized spacial score (nSPS) is 10.6. The minimum Gasteiger partial charge on any atom is -0.497 e. The minimum absolute atomic E-state index is 0.0770. The predicted octanol–water partition coefficient (Wildman–Crippen LogP) is 2.26. The van der Waals surface area contributed by atoms with Crippen molar-refractivity contribution in [2.45, 2.75) is 20.4 Å². The third-order valence-electron chi connectivity index (χ3n) is 3.24. The van der Waals surface area contributed by atoms with E-state index in [1.807, 2.05) is 48.9 Å². The molecule has 1 N–H and O–H groups in total. The minimum atomic E-state index is 0.0770. The molecule has 4 heteroatoms. The molecule has 1 aromatic heterocycles. The summed E-state index contributed by atoms with van der Waals surface area (Å²) in [5.41, 5.74) is 2.78. The first-order valence-corrected chi connectivity index (χ1v) is 6.73. The maximum absolute atomic E-state index is 12.0. The number of hydrogen-bond acceptors (Lipinski definition) is 3. The number of aromatic nitrogens is 1. The van der Waals surface area contributed by atoms with Crippen molar-refractivity contribution in [3.8, 4) is 11.4 Å². The summed E-state index contributed by atoms with van der Waals surface area (Å²) in [7, 11) is 1.65. The van der Waals surface area contributed by atoms with E-state index in [4.69, 9.17) is 4.74 Å². The first-order chi connectivity index (χ1) is 9.65. The van der Waals surface area contributed by atoms with Crippen LogP contribution in [0.1, 0.15) is 18.2 Å². The van der Waals surface area contributed by atoms with E-state index in [-0.39, 0.29) is 5.43 Å². The van der Waals surface area contributed by atoms with Crippen LogP contribution in [0, 0.1) is 6.92 Å². The molecule has 0 bridgehead atoms. The molecule has 0 spiro atoms. The van der Waals surface area contributed by atoms with Gasteiger partial charge >= 0.3 is 0 Å². The van der Waals surface area contributed by atoms with Crippen LogP contribution in [0.5, 0.6) is 5.75 Å². The molecule has 1 heterocycles. The van der Waals surface area contributed by atoms with Gasteiger partial charge in [-0.05, 0) is 37.7 Å². The van der Waals surface area contributed by atoms with Gasteiger partial charge in [-0.2, -0.15) is 0 Å². The van der Waals surface area contributed by atoms with E-state index < -0.39 is 0 Å². The number of aryl methyl sites for hydroxylation is 1. The first-order valence-electron chi connectivity index (χ1n) is 6.73. The van der Waals surface area contributed by atoms with Gasteiger partial charge in [-0.25, -0.2) is 0 Å². The lowest BCUT2D eigenvalue weighted by Gasteiger charge is -2.13. The SMILES string of the molecule is CCNCc1cn(-c2ccc(OC)cc2)c(C)cc1=O.